The molecule has 0 radical (unpaired) electrons. The maximum Gasteiger partial charge on any atom is 0.290 e. The van der Waals surface area contributed by atoms with Crippen molar-refractivity contribution in [3.8, 4) is 5.75 Å². The first-order chi connectivity index (χ1) is 16.0. The van der Waals surface area contributed by atoms with E-state index in [-0.39, 0.29) is 18.3 Å². The summed E-state index contributed by atoms with van der Waals surface area (Å²) in [5, 5.41) is 14.2. The summed E-state index contributed by atoms with van der Waals surface area (Å²) in [5.74, 6) is 0.285. The van der Waals surface area contributed by atoms with Crippen LogP contribution in [0.5, 0.6) is 5.75 Å². The summed E-state index contributed by atoms with van der Waals surface area (Å²) in [6.07, 6.45) is 4.17. The summed E-state index contributed by atoms with van der Waals surface area (Å²) in [6.45, 7) is 0.207. The minimum Gasteiger partial charge on any atom is -0.496 e. The van der Waals surface area contributed by atoms with Crippen molar-refractivity contribution in [2.45, 2.75) is 17.9 Å². The summed E-state index contributed by atoms with van der Waals surface area (Å²) in [7, 11) is 3.39. The number of fused-ring (bicyclic) bond motifs is 2. The molecular formula is C24H24N4O5. The molecule has 1 aromatic heterocycles. The lowest BCUT2D eigenvalue weighted by Gasteiger charge is -2.33. The summed E-state index contributed by atoms with van der Waals surface area (Å²) < 4.78 is 7.12. The van der Waals surface area contributed by atoms with E-state index in [1.54, 1.807) is 35.0 Å². The smallest absolute Gasteiger partial charge is 0.290 e. The number of amides is 2. The fourth-order valence-electron chi connectivity index (χ4n) is 4.93. The van der Waals surface area contributed by atoms with Gasteiger partial charge in [0.05, 0.1) is 24.9 Å². The molecule has 170 valence electrons. The number of rotatable bonds is 3. The number of carboxylic acid groups (broad SMARTS) is 1. The van der Waals surface area contributed by atoms with E-state index < -0.39 is 11.5 Å². The molecule has 2 N–H and O–H groups in total. The number of nitrogens with one attached hydrogen (secondary N) is 1. The van der Waals surface area contributed by atoms with Gasteiger partial charge in [0, 0.05) is 31.0 Å². The Hall–Kier alpha value is -4.14. The van der Waals surface area contributed by atoms with Crippen molar-refractivity contribution in [1.29, 1.82) is 0 Å². The maximum atomic E-state index is 13.7. The van der Waals surface area contributed by atoms with Crippen LogP contribution in [0.15, 0.2) is 60.9 Å². The van der Waals surface area contributed by atoms with Gasteiger partial charge in [-0.05, 0) is 30.2 Å². The van der Waals surface area contributed by atoms with E-state index in [0.29, 0.717) is 24.3 Å². The molecule has 9 nitrogen and oxygen atoms in total. The zero-order chi connectivity index (χ0) is 23.6. The van der Waals surface area contributed by atoms with E-state index in [2.05, 4.69) is 10.4 Å². The molecule has 5 rings (SSSR count). The number of methoxy groups -OCH3 is 1. The number of benzene rings is 2. The molecule has 2 aromatic carbocycles. The molecule has 0 saturated carbocycles. The Morgan fingerprint density at radius 3 is 2.64 bits per heavy atom. The average molecular weight is 448 g/mol. The topological polar surface area (TPSA) is 114 Å². The number of likely N-dealkylation sites (tertiary alicyclic amines) is 1. The van der Waals surface area contributed by atoms with Gasteiger partial charge in [0.1, 0.15) is 11.2 Å². The summed E-state index contributed by atoms with van der Waals surface area (Å²) in [5.41, 5.74) is 2.21. The van der Waals surface area contributed by atoms with Gasteiger partial charge in [0.2, 0.25) is 5.91 Å². The van der Waals surface area contributed by atoms with E-state index in [0.717, 1.165) is 16.8 Å². The van der Waals surface area contributed by atoms with Crippen molar-refractivity contribution in [2.75, 3.05) is 19.0 Å². The lowest BCUT2D eigenvalue weighted by Crippen LogP contribution is -2.42. The molecule has 0 aliphatic carbocycles. The second-order valence-electron chi connectivity index (χ2n) is 7.88. The molecule has 1 saturated heterocycles. The molecule has 2 unspecified atom stereocenters. The zero-order valence-electron chi connectivity index (χ0n) is 18.3. The van der Waals surface area contributed by atoms with Crippen molar-refractivity contribution in [2.24, 2.45) is 7.05 Å². The van der Waals surface area contributed by atoms with Crippen LogP contribution in [0.4, 0.5) is 5.69 Å². The molecule has 2 aliphatic rings. The van der Waals surface area contributed by atoms with Gasteiger partial charge < -0.3 is 20.1 Å². The lowest BCUT2D eigenvalue weighted by molar-refractivity contribution is -0.123. The van der Waals surface area contributed by atoms with Crippen molar-refractivity contribution in [1.82, 2.24) is 14.7 Å². The van der Waals surface area contributed by atoms with Gasteiger partial charge in [-0.2, -0.15) is 5.10 Å². The van der Waals surface area contributed by atoms with E-state index >= 15 is 0 Å². The highest BCUT2D eigenvalue weighted by Crippen LogP contribution is 2.55. The Balaban J connectivity index is 0.000000821. The summed E-state index contributed by atoms with van der Waals surface area (Å²) in [6, 6.07) is 14.5. The third kappa shape index (κ3) is 3.51. The van der Waals surface area contributed by atoms with E-state index in [1.165, 1.54) is 0 Å². The van der Waals surface area contributed by atoms with Crippen LogP contribution in [0.2, 0.25) is 0 Å². The number of para-hydroxylation sites is 2. The largest absolute Gasteiger partial charge is 0.496 e. The number of ether oxygens (including phenoxy) is 1. The van der Waals surface area contributed by atoms with Gasteiger partial charge >= 0.3 is 0 Å². The van der Waals surface area contributed by atoms with Crippen molar-refractivity contribution in [3.63, 3.8) is 0 Å². The van der Waals surface area contributed by atoms with Crippen LogP contribution in [-0.2, 0) is 22.1 Å². The van der Waals surface area contributed by atoms with Gasteiger partial charge in [0.25, 0.3) is 12.4 Å². The Morgan fingerprint density at radius 1 is 1.24 bits per heavy atom. The van der Waals surface area contributed by atoms with Crippen LogP contribution < -0.4 is 10.1 Å². The molecule has 2 amide bonds. The fraction of sp³-hybridized carbons (Fsp3) is 0.250. The SMILES string of the molecule is COc1ccccc1C(=O)N1CCC2(C(=O)Nc3ccccc32)C1c1cnn(C)c1.O=CO. The first-order valence-electron chi connectivity index (χ1n) is 10.4. The Labute approximate surface area is 190 Å². The minimum atomic E-state index is -0.850. The highest BCUT2D eigenvalue weighted by Gasteiger charge is 2.59. The highest BCUT2D eigenvalue weighted by molar-refractivity contribution is 6.08. The molecule has 1 spiro atoms. The predicted molar refractivity (Wildman–Crippen MR) is 120 cm³/mol. The van der Waals surface area contributed by atoms with Gasteiger partial charge in [-0.15, -0.1) is 0 Å². The monoisotopic (exact) mass is 448 g/mol. The minimum absolute atomic E-state index is 0.0760. The van der Waals surface area contributed by atoms with Crippen LogP contribution in [0.3, 0.4) is 0 Å². The van der Waals surface area contributed by atoms with Crippen molar-refractivity contribution >= 4 is 24.0 Å². The quantitative estimate of drug-likeness (QED) is 0.596. The average Bonchev–Trinajstić information content (AvgIpc) is 3.50. The number of hydrogen-bond donors (Lipinski definition) is 2. The number of aromatic nitrogens is 2. The molecule has 2 aliphatic heterocycles. The highest BCUT2D eigenvalue weighted by atomic mass is 16.5. The van der Waals surface area contributed by atoms with Gasteiger partial charge in [-0.1, -0.05) is 30.3 Å². The van der Waals surface area contributed by atoms with Crippen LogP contribution in [-0.4, -0.2) is 51.7 Å². The third-order valence-electron chi connectivity index (χ3n) is 6.23. The molecule has 3 aromatic rings. The van der Waals surface area contributed by atoms with Crippen LogP contribution in [0.1, 0.15) is 33.9 Å². The van der Waals surface area contributed by atoms with Crippen molar-refractivity contribution < 1.29 is 24.2 Å². The number of nitrogens with zero attached hydrogens (tertiary/aromatic N) is 3. The van der Waals surface area contributed by atoms with Gasteiger partial charge in [-0.25, -0.2) is 0 Å². The second-order valence-corrected chi connectivity index (χ2v) is 7.88. The lowest BCUT2D eigenvalue weighted by atomic mass is 9.73. The van der Waals surface area contributed by atoms with E-state index in [1.807, 2.05) is 49.6 Å². The fourth-order valence-corrected chi connectivity index (χ4v) is 4.93. The normalized spacial score (nSPS) is 20.6. The standard InChI is InChI=1S/C23H22N4O3.CH2O2/c1-26-14-15(13-24-26)20-23(17-8-4-5-9-18(17)25-22(23)29)11-12-27(20)21(28)16-7-3-6-10-19(16)30-2;2-1-3/h3-10,13-14,20H,11-12H2,1-2H3,(H,25,29);1H,(H,2,3). The van der Waals surface area contributed by atoms with Crippen LogP contribution in [0.25, 0.3) is 0 Å². The predicted octanol–water partition coefficient (Wildman–Crippen LogP) is 2.61. The van der Waals surface area contributed by atoms with Crippen LogP contribution in [0, 0.1) is 0 Å². The summed E-state index contributed by atoms with van der Waals surface area (Å²) >= 11 is 0. The Bertz CT molecular complexity index is 1210. The van der Waals surface area contributed by atoms with Crippen LogP contribution >= 0.6 is 0 Å². The van der Waals surface area contributed by atoms with Gasteiger partial charge in [-0.3, -0.25) is 19.1 Å². The number of carbonyl (C=O) groups is 3. The Kier molecular flexibility index (Phi) is 5.87. The first kappa shape index (κ1) is 22.1. The number of anilines is 1. The maximum absolute atomic E-state index is 13.7. The second kappa shape index (κ2) is 8.78. The number of aryl methyl sites for hydroxylation is 1. The molecular weight excluding hydrogens is 424 g/mol. The molecule has 1 fully saturated rings. The molecule has 3 heterocycles. The number of carbonyl (C=O) groups excluding carboxylic acids is 2. The van der Waals surface area contributed by atoms with E-state index in [9.17, 15) is 9.59 Å². The third-order valence-corrected chi connectivity index (χ3v) is 6.23. The summed E-state index contributed by atoms with van der Waals surface area (Å²) in [4.78, 5) is 37.2. The Morgan fingerprint density at radius 2 is 1.94 bits per heavy atom. The van der Waals surface area contributed by atoms with E-state index in [4.69, 9.17) is 14.6 Å². The zero-order valence-corrected chi connectivity index (χ0v) is 18.3. The molecule has 9 heteroatoms. The first-order valence-corrected chi connectivity index (χ1v) is 10.4. The van der Waals surface area contributed by atoms with Crippen molar-refractivity contribution in [3.05, 3.63) is 77.6 Å². The molecule has 2 atom stereocenters. The number of hydrogen-bond acceptors (Lipinski definition) is 5. The molecule has 33 heavy (non-hydrogen) atoms. The van der Waals surface area contributed by atoms with Gasteiger partial charge in [0.15, 0.2) is 0 Å². The molecule has 0 bridgehead atoms.